The van der Waals surface area contributed by atoms with Crippen LogP contribution in [0.5, 0.6) is 0 Å². The molecule has 0 saturated heterocycles. The summed E-state index contributed by atoms with van der Waals surface area (Å²) >= 11 is 3.38. The zero-order chi connectivity index (χ0) is 14.7. The van der Waals surface area contributed by atoms with Crippen LogP contribution in [0.15, 0.2) is 46.9 Å². The van der Waals surface area contributed by atoms with E-state index in [1.54, 1.807) is 12.1 Å². The number of nitro groups is 1. The minimum atomic E-state index is -0.442. The quantitative estimate of drug-likeness (QED) is 0.526. The van der Waals surface area contributed by atoms with Crippen molar-refractivity contribution >= 4 is 33.0 Å². The second-order valence-electron chi connectivity index (χ2n) is 4.45. The molecule has 20 heavy (non-hydrogen) atoms. The number of para-hydroxylation sites is 1. The van der Waals surface area contributed by atoms with Gasteiger partial charge in [0.15, 0.2) is 0 Å². The normalized spacial score (nSPS) is 10.3. The zero-order valence-corrected chi connectivity index (χ0v) is 12.5. The molecule has 0 unspecified atom stereocenters. The molecule has 0 fully saturated rings. The lowest BCUT2D eigenvalue weighted by atomic mass is 10.2. The molecule has 0 heterocycles. The minimum Gasteiger partial charge on any atom is -0.393 e. The van der Waals surface area contributed by atoms with Crippen molar-refractivity contribution < 1.29 is 4.92 Å². The zero-order valence-electron chi connectivity index (χ0n) is 10.9. The fourth-order valence-corrected chi connectivity index (χ4v) is 2.27. The van der Waals surface area contributed by atoms with E-state index in [0.717, 1.165) is 10.0 Å². The van der Waals surface area contributed by atoms with Crippen molar-refractivity contribution in [2.24, 2.45) is 0 Å². The van der Waals surface area contributed by atoms with Crippen molar-refractivity contribution in [1.82, 2.24) is 0 Å². The Kier molecular flexibility index (Phi) is 4.24. The highest BCUT2D eigenvalue weighted by Crippen LogP contribution is 2.33. The van der Waals surface area contributed by atoms with Gasteiger partial charge in [-0.2, -0.15) is 0 Å². The standard InChI is InChI=1S/C14H14BrN3O2/c1-17(9-10-5-7-11(15)8-6-10)13-4-2-3-12(16)14(13)18(19)20/h2-8H,9,16H2,1H3. The molecule has 2 aromatic carbocycles. The van der Waals surface area contributed by atoms with E-state index in [4.69, 9.17) is 5.73 Å². The Balaban J connectivity index is 2.29. The fraction of sp³-hybridized carbons (Fsp3) is 0.143. The molecule has 0 bridgehead atoms. The summed E-state index contributed by atoms with van der Waals surface area (Å²) in [5.74, 6) is 0. The van der Waals surface area contributed by atoms with Crippen LogP contribution in [0.25, 0.3) is 0 Å². The van der Waals surface area contributed by atoms with Gasteiger partial charge in [-0.05, 0) is 29.8 Å². The first-order valence-corrected chi connectivity index (χ1v) is 6.77. The lowest BCUT2D eigenvalue weighted by Gasteiger charge is -2.19. The summed E-state index contributed by atoms with van der Waals surface area (Å²) in [6.45, 7) is 0.567. The molecule has 2 rings (SSSR count). The first kappa shape index (κ1) is 14.3. The third-order valence-corrected chi connectivity index (χ3v) is 3.50. The van der Waals surface area contributed by atoms with Crippen LogP contribution >= 0.6 is 15.9 Å². The molecule has 0 aliphatic carbocycles. The van der Waals surface area contributed by atoms with Crippen LogP contribution in [0.4, 0.5) is 17.1 Å². The number of halogens is 1. The van der Waals surface area contributed by atoms with Crippen LogP contribution in [-0.2, 0) is 6.54 Å². The predicted molar refractivity (Wildman–Crippen MR) is 83.8 cm³/mol. The maximum absolute atomic E-state index is 11.1. The first-order chi connectivity index (χ1) is 9.49. The van der Waals surface area contributed by atoms with Crippen LogP contribution in [-0.4, -0.2) is 12.0 Å². The van der Waals surface area contributed by atoms with Crippen molar-refractivity contribution in [1.29, 1.82) is 0 Å². The van der Waals surface area contributed by atoms with Gasteiger partial charge in [-0.3, -0.25) is 10.1 Å². The van der Waals surface area contributed by atoms with Gasteiger partial charge < -0.3 is 10.6 Å². The van der Waals surface area contributed by atoms with Gasteiger partial charge in [-0.1, -0.05) is 34.1 Å². The van der Waals surface area contributed by atoms with Crippen LogP contribution in [0.2, 0.25) is 0 Å². The fourth-order valence-electron chi connectivity index (χ4n) is 2.00. The molecule has 5 nitrogen and oxygen atoms in total. The molecule has 2 aromatic rings. The summed E-state index contributed by atoms with van der Waals surface area (Å²) < 4.78 is 0.999. The highest BCUT2D eigenvalue weighted by molar-refractivity contribution is 9.10. The van der Waals surface area contributed by atoms with Crippen LogP contribution in [0.1, 0.15) is 5.56 Å². The van der Waals surface area contributed by atoms with E-state index in [1.807, 2.05) is 36.2 Å². The van der Waals surface area contributed by atoms with Gasteiger partial charge in [0.05, 0.1) is 4.92 Å². The Labute approximate surface area is 125 Å². The lowest BCUT2D eigenvalue weighted by molar-refractivity contribution is -0.383. The Bertz CT molecular complexity index is 629. The topological polar surface area (TPSA) is 72.4 Å². The largest absolute Gasteiger partial charge is 0.393 e. The van der Waals surface area contributed by atoms with E-state index < -0.39 is 4.92 Å². The smallest absolute Gasteiger partial charge is 0.315 e. The highest BCUT2D eigenvalue weighted by Gasteiger charge is 2.20. The Morgan fingerprint density at radius 1 is 1.25 bits per heavy atom. The molecule has 0 radical (unpaired) electrons. The average molecular weight is 336 g/mol. The lowest BCUT2D eigenvalue weighted by Crippen LogP contribution is -2.18. The molecular formula is C14H14BrN3O2. The number of nitro benzene ring substituents is 1. The van der Waals surface area contributed by atoms with E-state index in [1.165, 1.54) is 6.07 Å². The van der Waals surface area contributed by atoms with E-state index >= 15 is 0 Å². The number of rotatable bonds is 4. The number of nitrogens with zero attached hydrogens (tertiary/aromatic N) is 2. The third kappa shape index (κ3) is 3.08. The van der Waals surface area contributed by atoms with Gasteiger partial charge in [0, 0.05) is 18.1 Å². The van der Waals surface area contributed by atoms with Crippen LogP contribution in [0.3, 0.4) is 0 Å². The van der Waals surface area contributed by atoms with Gasteiger partial charge in [0.1, 0.15) is 11.4 Å². The minimum absolute atomic E-state index is 0.0490. The first-order valence-electron chi connectivity index (χ1n) is 5.97. The highest BCUT2D eigenvalue weighted by atomic mass is 79.9. The maximum Gasteiger partial charge on any atom is 0.315 e. The number of benzene rings is 2. The van der Waals surface area contributed by atoms with Crippen LogP contribution in [0, 0.1) is 10.1 Å². The Morgan fingerprint density at radius 3 is 2.50 bits per heavy atom. The van der Waals surface area contributed by atoms with Crippen molar-refractivity contribution in [3.05, 3.63) is 62.6 Å². The van der Waals surface area contributed by atoms with E-state index in [-0.39, 0.29) is 11.4 Å². The molecule has 0 saturated carbocycles. The summed E-state index contributed by atoms with van der Waals surface area (Å²) in [5, 5.41) is 11.1. The molecule has 6 heteroatoms. The summed E-state index contributed by atoms with van der Waals surface area (Å²) in [5.41, 5.74) is 7.40. The van der Waals surface area contributed by atoms with E-state index in [9.17, 15) is 10.1 Å². The number of nitrogens with two attached hydrogens (primary N) is 1. The van der Waals surface area contributed by atoms with E-state index in [0.29, 0.717) is 12.2 Å². The molecule has 0 aliphatic rings. The van der Waals surface area contributed by atoms with Crippen molar-refractivity contribution in [2.45, 2.75) is 6.54 Å². The number of nitrogen functional groups attached to an aromatic ring is 1. The molecular weight excluding hydrogens is 322 g/mol. The molecule has 2 N–H and O–H groups in total. The number of anilines is 2. The van der Waals surface area contributed by atoms with Gasteiger partial charge in [0.2, 0.25) is 0 Å². The van der Waals surface area contributed by atoms with Crippen LogP contribution < -0.4 is 10.6 Å². The van der Waals surface area contributed by atoms with Crippen molar-refractivity contribution in [3.63, 3.8) is 0 Å². The third-order valence-electron chi connectivity index (χ3n) is 2.97. The maximum atomic E-state index is 11.1. The Hall–Kier alpha value is -2.08. The molecule has 0 spiro atoms. The molecule has 104 valence electrons. The second kappa shape index (κ2) is 5.92. The molecule has 0 aliphatic heterocycles. The van der Waals surface area contributed by atoms with Gasteiger partial charge in [0.25, 0.3) is 0 Å². The molecule has 0 aromatic heterocycles. The van der Waals surface area contributed by atoms with Gasteiger partial charge >= 0.3 is 5.69 Å². The predicted octanol–water partition coefficient (Wildman–Crippen LogP) is 3.58. The summed E-state index contributed by atoms with van der Waals surface area (Å²) in [6.07, 6.45) is 0. The Morgan fingerprint density at radius 2 is 1.90 bits per heavy atom. The number of hydrogen-bond donors (Lipinski definition) is 1. The molecule has 0 amide bonds. The SMILES string of the molecule is CN(Cc1ccc(Br)cc1)c1cccc(N)c1[N+](=O)[O-]. The van der Waals surface area contributed by atoms with Crippen molar-refractivity contribution in [3.8, 4) is 0 Å². The number of hydrogen-bond acceptors (Lipinski definition) is 4. The summed E-state index contributed by atoms with van der Waals surface area (Å²) in [4.78, 5) is 12.5. The second-order valence-corrected chi connectivity index (χ2v) is 5.37. The molecule has 0 atom stereocenters. The van der Waals surface area contributed by atoms with Crippen molar-refractivity contribution in [2.75, 3.05) is 17.7 Å². The van der Waals surface area contributed by atoms with Gasteiger partial charge in [-0.25, -0.2) is 0 Å². The average Bonchev–Trinajstić information content (AvgIpc) is 2.40. The summed E-state index contributed by atoms with van der Waals surface area (Å²) in [7, 11) is 1.81. The van der Waals surface area contributed by atoms with E-state index in [2.05, 4.69) is 15.9 Å². The monoisotopic (exact) mass is 335 g/mol. The van der Waals surface area contributed by atoms with Gasteiger partial charge in [-0.15, -0.1) is 0 Å². The summed E-state index contributed by atoms with van der Waals surface area (Å²) in [6, 6.07) is 12.8.